The van der Waals surface area contributed by atoms with Gasteiger partial charge in [-0.25, -0.2) is 0 Å². The zero-order chi connectivity index (χ0) is 9.94. The van der Waals surface area contributed by atoms with E-state index in [9.17, 15) is 4.79 Å². The number of hydrogen-bond donors (Lipinski definition) is 0. The molecular formula is C12H20O. The van der Waals surface area contributed by atoms with Gasteiger partial charge in [-0.15, -0.1) is 0 Å². The molecule has 0 aliphatic heterocycles. The molecule has 13 heavy (non-hydrogen) atoms. The van der Waals surface area contributed by atoms with E-state index >= 15 is 0 Å². The number of hydrogen-bond acceptors (Lipinski definition) is 1. The summed E-state index contributed by atoms with van der Waals surface area (Å²) in [5.41, 5.74) is 1.03. The van der Waals surface area contributed by atoms with Crippen LogP contribution in [0.1, 0.15) is 46.0 Å². The van der Waals surface area contributed by atoms with Gasteiger partial charge in [0.1, 0.15) is 6.29 Å². The minimum atomic E-state index is 0.830. The molecule has 74 valence electrons. The summed E-state index contributed by atoms with van der Waals surface area (Å²) in [4.78, 5) is 10.1. The van der Waals surface area contributed by atoms with E-state index in [2.05, 4.69) is 13.0 Å². The van der Waals surface area contributed by atoms with Crippen LogP contribution in [0.3, 0.4) is 0 Å². The number of carbonyl (C=O) groups excluding carboxylic acids is 1. The van der Waals surface area contributed by atoms with Crippen LogP contribution in [-0.4, -0.2) is 6.29 Å². The number of aldehydes is 1. The van der Waals surface area contributed by atoms with Crippen molar-refractivity contribution in [2.45, 2.75) is 46.0 Å². The van der Waals surface area contributed by atoms with Gasteiger partial charge in [0.05, 0.1) is 0 Å². The Kier molecular flexibility index (Phi) is 8.64. The molecule has 0 aliphatic rings. The fraction of sp³-hybridized carbons (Fsp3) is 0.583. The highest BCUT2D eigenvalue weighted by molar-refractivity contribution is 5.66. The molecule has 0 aliphatic carbocycles. The van der Waals surface area contributed by atoms with Crippen molar-refractivity contribution < 1.29 is 4.79 Å². The molecule has 1 heteroatoms. The molecule has 0 aromatic rings. The van der Waals surface area contributed by atoms with Crippen LogP contribution in [0.15, 0.2) is 23.8 Å². The molecule has 0 bridgehead atoms. The Labute approximate surface area is 81.5 Å². The number of carbonyl (C=O) groups is 1. The summed E-state index contributed by atoms with van der Waals surface area (Å²) in [7, 11) is 0. The molecule has 0 unspecified atom stereocenters. The van der Waals surface area contributed by atoms with Crippen molar-refractivity contribution in [3.63, 3.8) is 0 Å². The largest absolute Gasteiger partial charge is 0.299 e. The zero-order valence-electron chi connectivity index (χ0n) is 8.75. The molecule has 0 saturated heterocycles. The van der Waals surface area contributed by atoms with E-state index in [4.69, 9.17) is 0 Å². The summed E-state index contributed by atoms with van der Waals surface area (Å²) < 4.78 is 0. The summed E-state index contributed by atoms with van der Waals surface area (Å²) in [6.07, 6.45) is 12.9. The molecule has 0 radical (unpaired) electrons. The standard InChI is InChI=1S/C12H20O/c1-3-4-5-6-7-8-9-12(2)10-11-13/h8-11H,3-7H2,1-2H3/b9-8+,12-10+. The van der Waals surface area contributed by atoms with Crippen molar-refractivity contribution in [3.05, 3.63) is 23.8 Å². The third-order valence-electron chi connectivity index (χ3n) is 1.94. The molecule has 0 rings (SSSR count). The van der Waals surface area contributed by atoms with Crippen LogP contribution in [0.2, 0.25) is 0 Å². The molecule has 0 fully saturated rings. The van der Waals surface area contributed by atoms with Crippen LogP contribution in [0.25, 0.3) is 0 Å². The summed E-state index contributed by atoms with van der Waals surface area (Å²) in [5, 5.41) is 0. The topological polar surface area (TPSA) is 17.1 Å². The van der Waals surface area contributed by atoms with Crippen molar-refractivity contribution in [2.24, 2.45) is 0 Å². The maximum absolute atomic E-state index is 10.1. The Morgan fingerprint density at radius 1 is 1.23 bits per heavy atom. The van der Waals surface area contributed by atoms with Crippen molar-refractivity contribution in [2.75, 3.05) is 0 Å². The Morgan fingerprint density at radius 3 is 2.62 bits per heavy atom. The van der Waals surface area contributed by atoms with Crippen molar-refractivity contribution >= 4 is 6.29 Å². The first-order valence-electron chi connectivity index (χ1n) is 5.10. The second-order valence-corrected chi connectivity index (χ2v) is 3.30. The summed E-state index contributed by atoms with van der Waals surface area (Å²) in [6.45, 7) is 4.16. The molecule has 0 saturated carbocycles. The van der Waals surface area contributed by atoms with Gasteiger partial charge in [0.2, 0.25) is 0 Å². The van der Waals surface area contributed by atoms with Crippen molar-refractivity contribution in [1.82, 2.24) is 0 Å². The van der Waals surface area contributed by atoms with E-state index in [0.29, 0.717) is 0 Å². The van der Waals surface area contributed by atoms with Gasteiger partial charge in [-0.05, 0) is 31.4 Å². The summed E-state index contributed by atoms with van der Waals surface area (Å²) >= 11 is 0. The Balaban J connectivity index is 3.40. The number of allylic oxidation sites excluding steroid dienone is 4. The van der Waals surface area contributed by atoms with Gasteiger partial charge in [0.25, 0.3) is 0 Å². The highest BCUT2D eigenvalue weighted by atomic mass is 16.1. The lowest BCUT2D eigenvalue weighted by Gasteiger charge is -1.94. The monoisotopic (exact) mass is 180 g/mol. The van der Waals surface area contributed by atoms with Crippen LogP contribution in [0.5, 0.6) is 0 Å². The zero-order valence-corrected chi connectivity index (χ0v) is 8.75. The van der Waals surface area contributed by atoms with Crippen LogP contribution in [0.4, 0.5) is 0 Å². The molecule has 0 aromatic carbocycles. The molecule has 0 aromatic heterocycles. The third kappa shape index (κ3) is 9.06. The van der Waals surface area contributed by atoms with E-state index < -0.39 is 0 Å². The molecule has 1 nitrogen and oxygen atoms in total. The highest BCUT2D eigenvalue weighted by Gasteiger charge is 1.84. The van der Waals surface area contributed by atoms with Crippen molar-refractivity contribution in [3.8, 4) is 0 Å². The van der Waals surface area contributed by atoms with Crippen molar-refractivity contribution in [1.29, 1.82) is 0 Å². The lowest BCUT2D eigenvalue weighted by Crippen LogP contribution is -1.74. The quantitative estimate of drug-likeness (QED) is 0.253. The summed E-state index contributed by atoms with van der Waals surface area (Å²) in [6, 6.07) is 0. The molecular weight excluding hydrogens is 160 g/mol. The number of rotatable bonds is 7. The van der Waals surface area contributed by atoms with E-state index in [0.717, 1.165) is 18.3 Å². The minimum Gasteiger partial charge on any atom is -0.299 e. The molecule has 0 atom stereocenters. The van der Waals surface area contributed by atoms with Gasteiger partial charge >= 0.3 is 0 Å². The summed E-state index contributed by atoms with van der Waals surface area (Å²) in [5.74, 6) is 0. The second kappa shape index (κ2) is 9.24. The van der Waals surface area contributed by atoms with Gasteiger partial charge in [-0.1, -0.05) is 38.3 Å². The highest BCUT2D eigenvalue weighted by Crippen LogP contribution is 2.04. The van der Waals surface area contributed by atoms with Crippen LogP contribution < -0.4 is 0 Å². The van der Waals surface area contributed by atoms with E-state index in [1.807, 2.05) is 13.0 Å². The Morgan fingerprint density at radius 2 is 2.00 bits per heavy atom. The average Bonchev–Trinajstić information content (AvgIpc) is 2.11. The van der Waals surface area contributed by atoms with E-state index in [1.165, 1.54) is 25.7 Å². The first kappa shape index (κ1) is 12.2. The molecule has 0 heterocycles. The lowest BCUT2D eigenvalue weighted by atomic mass is 10.1. The van der Waals surface area contributed by atoms with Gasteiger partial charge in [0.15, 0.2) is 0 Å². The SMILES string of the molecule is CCCCCC/C=C/C(C)=C/C=O. The first-order chi connectivity index (χ1) is 6.31. The molecule has 0 N–H and O–H groups in total. The number of unbranched alkanes of at least 4 members (excludes halogenated alkanes) is 4. The molecule has 0 spiro atoms. The Bertz CT molecular complexity index is 178. The fourth-order valence-electron chi connectivity index (χ4n) is 1.12. The van der Waals surface area contributed by atoms with E-state index in [1.54, 1.807) is 6.08 Å². The maximum Gasteiger partial charge on any atom is 0.143 e. The van der Waals surface area contributed by atoms with Crippen LogP contribution in [-0.2, 0) is 4.79 Å². The second-order valence-electron chi connectivity index (χ2n) is 3.30. The van der Waals surface area contributed by atoms with Crippen LogP contribution >= 0.6 is 0 Å². The van der Waals surface area contributed by atoms with Gasteiger partial charge in [-0.2, -0.15) is 0 Å². The predicted molar refractivity (Wildman–Crippen MR) is 57.7 cm³/mol. The van der Waals surface area contributed by atoms with E-state index in [-0.39, 0.29) is 0 Å². The first-order valence-corrected chi connectivity index (χ1v) is 5.10. The van der Waals surface area contributed by atoms with Crippen LogP contribution in [0, 0.1) is 0 Å². The normalized spacial score (nSPS) is 12.3. The minimum absolute atomic E-state index is 0.830. The van der Waals surface area contributed by atoms with Gasteiger partial charge in [0, 0.05) is 0 Å². The maximum atomic E-state index is 10.1. The Hall–Kier alpha value is -0.850. The van der Waals surface area contributed by atoms with Gasteiger partial charge < -0.3 is 0 Å². The lowest BCUT2D eigenvalue weighted by molar-refractivity contribution is -0.104. The molecule has 0 amide bonds. The predicted octanol–water partition coefficient (Wildman–Crippen LogP) is 3.66. The fourth-order valence-corrected chi connectivity index (χ4v) is 1.12. The third-order valence-corrected chi connectivity index (χ3v) is 1.94. The smallest absolute Gasteiger partial charge is 0.143 e. The van der Waals surface area contributed by atoms with Gasteiger partial charge in [-0.3, -0.25) is 4.79 Å². The average molecular weight is 180 g/mol.